The lowest BCUT2D eigenvalue weighted by Gasteiger charge is -2.25. The lowest BCUT2D eigenvalue weighted by Crippen LogP contribution is -2.34. The number of carbonyl (C=O) groups excluding carboxylic acids is 1. The van der Waals surface area contributed by atoms with Crippen LogP contribution in [0.15, 0.2) is 53.0 Å². The minimum Gasteiger partial charge on any atom is -0.338 e. The standard InChI is InChI=1S/C19H19BrFNO/c20-18-7-2-1-6-17(18)19(23)22-12-4-3-5-15(13-22)14-8-10-16(21)11-9-14/h1-2,6-11,15H,3-5,12-13H2. The summed E-state index contributed by atoms with van der Waals surface area (Å²) in [4.78, 5) is 14.8. The van der Waals surface area contributed by atoms with Gasteiger partial charge in [-0.3, -0.25) is 4.79 Å². The molecule has 0 aromatic heterocycles. The lowest BCUT2D eigenvalue weighted by molar-refractivity contribution is 0.0753. The number of carbonyl (C=O) groups is 1. The number of hydrogen-bond donors (Lipinski definition) is 0. The third kappa shape index (κ3) is 3.81. The normalized spacial score (nSPS) is 18.5. The molecule has 1 unspecified atom stereocenters. The molecule has 0 bridgehead atoms. The zero-order chi connectivity index (χ0) is 16.2. The van der Waals surface area contributed by atoms with E-state index in [0.29, 0.717) is 12.1 Å². The SMILES string of the molecule is O=C(c1ccccc1Br)N1CCCCC(c2ccc(F)cc2)C1. The summed E-state index contributed by atoms with van der Waals surface area (Å²) in [7, 11) is 0. The van der Waals surface area contributed by atoms with Crippen molar-refractivity contribution in [2.24, 2.45) is 0 Å². The molecule has 3 rings (SSSR count). The smallest absolute Gasteiger partial charge is 0.255 e. The third-order valence-corrected chi connectivity index (χ3v) is 5.10. The van der Waals surface area contributed by atoms with Gasteiger partial charge in [-0.05, 0) is 58.6 Å². The van der Waals surface area contributed by atoms with Crippen molar-refractivity contribution in [3.8, 4) is 0 Å². The molecule has 4 heteroatoms. The van der Waals surface area contributed by atoms with Gasteiger partial charge in [0.15, 0.2) is 0 Å². The maximum atomic E-state index is 13.1. The molecule has 2 nitrogen and oxygen atoms in total. The summed E-state index contributed by atoms with van der Waals surface area (Å²) in [6, 6.07) is 14.2. The summed E-state index contributed by atoms with van der Waals surface area (Å²) in [5, 5.41) is 0. The van der Waals surface area contributed by atoms with Crippen LogP contribution in [0.25, 0.3) is 0 Å². The van der Waals surface area contributed by atoms with Crippen LogP contribution in [0.4, 0.5) is 4.39 Å². The Morgan fingerprint density at radius 2 is 1.83 bits per heavy atom. The van der Waals surface area contributed by atoms with Gasteiger partial charge in [-0.1, -0.05) is 30.7 Å². The summed E-state index contributed by atoms with van der Waals surface area (Å²) in [5.41, 5.74) is 1.81. The van der Waals surface area contributed by atoms with Gasteiger partial charge in [0, 0.05) is 23.5 Å². The van der Waals surface area contributed by atoms with Crippen LogP contribution in [-0.4, -0.2) is 23.9 Å². The molecule has 0 radical (unpaired) electrons. The Hall–Kier alpha value is -1.68. The molecule has 2 aromatic carbocycles. The second-order valence-electron chi connectivity index (χ2n) is 5.98. The van der Waals surface area contributed by atoms with Crippen molar-refractivity contribution in [1.82, 2.24) is 4.90 Å². The van der Waals surface area contributed by atoms with Crippen molar-refractivity contribution in [1.29, 1.82) is 0 Å². The number of benzene rings is 2. The first-order chi connectivity index (χ1) is 11.1. The summed E-state index contributed by atoms with van der Waals surface area (Å²) in [6.45, 7) is 1.46. The van der Waals surface area contributed by atoms with Crippen LogP contribution in [0.2, 0.25) is 0 Å². The zero-order valence-electron chi connectivity index (χ0n) is 12.8. The number of hydrogen-bond acceptors (Lipinski definition) is 1. The first kappa shape index (κ1) is 16.2. The average molecular weight is 376 g/mol. The van der Waals surface area contributed by atoms with Gasteiger partial charge >= 0.3 is 0 Å². The molecule has 1 saturated heterocycles. The Morgan fingerprint density at radius 3 is 2.57 bits per heavy atom. The fourth-order valence-electron chi connectivity index (χ4n) is 3.14. The Kier molecular flexibility index (Phi) is 5.11. The maximum absolute atomic E-state index is 13.1. The van der Waals surface area contributed by atoms with Crippen LogP contribution >= 0.6 is 15.9 Å². The van der Waals surface area contributed by atoms with Gasteiger partial charge in [0.25, 0.3) is 5.91 Å². The van der Waals surface area contributed by atoms with Crippen molar-refractivity contribution in [3.05, 3.63) is 69.9 Å². The summed E-state index contributed by atoms with van der Waals surface area (Å²) in [5.74, 6) is 0.111. The Bertz CT molecular complexity index is 686. The van der Waals surface area contributed by atoms with E-state index in [-0.39, 0.29) is 17.6 Å². The van der Waals surface area contributed by atoms with Gasteiger partial charge in [-0.2, -0.15) is 0 Å². The van der Waals surface area contributed by atoms with Crippen molar-refractivity contribution < 1.29 is 9.18 Å². The average Bonchev–Trinajstić information content (AvgIpc) is 2.81. The van der Waals surface area contributed by atoms with E-state index in [0.717, 1.165) is 35.8 Å². The molecular weight excluding hydrogens is 357 g/mol. The fourth-order valence-corrected chi connectivity index (χ4v) is 3.59. The molecule has 1 amide bonds. The third-order valence-electron chi connectivity index (χ3n) is 4.40. The Labute approximate surface area is 144 Å². The molecule has 1 aliphatic heterocycles. The van der Waals surface area contributed by atoms with Crippen molar-refractivity contribution >= 4 is 21.8 Å². The molecule has 2 aromatic rings. The van der Waals surface area contributed by atoms with E-state index in [4.69, 9.17) is 0 Å². The van der Waals surface area contributed by atoms with Crippen molar-refractivity contribution in [3.63, 3.8) is 0 Å². The van der Waals surface area contributed by atoms with E-state index in [1.807, 2.05) is 41.3 Å². The fraction of sp³-hybridized carbons (Fsp3) is 0.316. The van der Waals surface area contributed by atoms with Crippen LogP contribution in [0.5, 0.6) is 0 Å². The lowest BCUT2D eigenvalue weighted by atomic mass is 9.94. The monoisotopic (exact) mass is 375 g/mol. The molecule has 0 aliphatic carbocycles. The number of rotatable bonds is 2. The molecule has 0 spiro atoms. The largest absolute Gasteiger partial charge is 0.338 e. The van der Waals surface area contributed by atoms with Crippen LogP contribution < -0.4 is 0 Å². The molecule has 0 N–H and O–H groups in total. The van der Waals surface area contributed by atoms with E-state index in [9.17, 15) is 9.18 Å². The van der Waals surface area contributed by atoms with E-state index < -0.39 is 0 Å². The minimum atomic E-state index is -0.219. The molecule has 120 valence electrons. The van der Waals surface area contributed by atoms with Crippen molar-refractivity contribution in [2.45, 2.75) is 25.2 Å². The van der Waals surface area contributed by atoms with Crippen LogP contribution in [-0.2, 0) is 0 Å². The molecule has 1 heterocycles. The van der Waals surface area contributed by atoms with Crippen LogP contribution in [0, 0.1) is 5.82 Å². The Morgan fingerprint density at radius 1 is 1.09 bits per heavy atom. The molecule has 1 atom stereocenters. The minimum absolute atomic E-state index is 0.0616. The van der Waals surface area contributed by atoms with E-state index in [1.54, 1.807) is 0 Å². The molecule has 1 aliphatic rings. The van der Waals surface area contributed by atoms with Gasteiger partial charge in [0.05, 0.1) is 5.56 Å². The van der Waals surface area contributed by atoms with Crippen molar-refractivity contribution in [2.75, 3.05) is 13.1 Å². The second-order valence-corrected chi connectivity index (χ2v) is 6.83. The second kappa shape index (κ2) is 7.26. The number of halogens is 2. The predicted octanol–water partition coefficient (Wildman–Crippen LogP) is 5.00. The quantitative estimate of drug-likeness (QED) is 0.723. The number of likely N-dealkylation sites (tertiary alicyclic amines) is 1. The molecule has 1 fully saturated rings. The maximum Gasteiger partial charge on any atom is 0.255 e. The zero-order valence-corrected chi connectivity index (χ0v) is 14.4. The number of amides is 1. The highest BCUT2D eigenvalue weighted by Gasteiger charge is 2.24. The predicted molar refractivity (Wildman–Crippen MR) is 93.0 cm³/mol. The van der Waals surface area contributed by atoms with Gasteiger partial charge in [-0.15, -0.1) is 0 Å². The highest BCUT2D eigenvalue weighted by Crippen LogP contribution is 2.28. The number of nitrogens with zero attached hydrogens (tertiary/aromatic N) is 1. The highest BCUT2D eigenvalue weighted by atomic mass is 79.9. The van der Waals surface area contributed by atoms with Gasteiger partial charge in [-0.25, -0.2) is 4.39 Å². The van der Waals surface area contributed by atoms with Crippen LogP contribution in [0.3, 0.4) is 0 Å². The first-order valence-electron chi connectivity index (χ1n) is 7.94. The molecule has 0 saturated carbocycles. The Balaban J connectivity index is 1.81. The van der Waals surface area contributed by atoms with E-state index >= 15 is 0 Å². The topological polar surface area (TPSA) is 20.3 Å². The molecular formula is C19H19BrFNO. The van der Waals surface area contributed by atoms with E-state index in [1.165, 1.54) is 12.1 Å². The first-order valence-corrected chi connectivity index (χ1v) is 8.74. The van der Waals surface area contributed by atoms with E-state index in [2.05, 4.69) is 15.9 Å². The highest BCUT2D eigenvalue weighted by molar-refractivity contribution is 9.10. The van der Waals surface area contributed by atoms with Gasteiger partial charge < -0.3 is 4.90 Å². The summed E-state index contributed by atoms with van der Waals surface area (Å²) < 4.78 is 14.0. The van der Waals surface area contributed by atoms with Gasteiger partial charge in [0.2, 0.25) is 0 Å². The summed E-state index contributed by atoms with van der Waals surface area (Å²) in [6.07, 6.45) is 3.13. The molecule has 23 heavy (non-hydrogen) atoms. The van der Waals surface area contributed by atoms with Gasteiger partial charge in [0.1, 0.15) is 5.82 Å². The summed E-state index contributed by atoms with van der Waals surface area (Å²) >= 11 is 3.46. The van der Waals surface area contributed by atoms with Crippen LogP contribution in [0.1, 0.15) is 41.1 Å².